The van der Waals surface area contributed by atoms with Crippen LogP contribution in [-0.2, 0) is 22.7 Å². The van der Waals surface area contributed by atoms with E-state index in [1.54, 1.807) is 48.5 Å². The number of benzene rings is 6. The van der Waals surface area contributed by atoms with Gasteiger partial charge in [-0.15, -0.1) is 0 Å². The van der Waals surface area contributed by atoms with Crippen LogP contribution in [0.15, 0.2) is 119 Å². The van der Waals surface area contributed by atoms with Gasteiger partial charge in [0, 0.05) is 24.3 Å². The maximum atomic E-state index is 15.1. The molecule has 0 fully saturated rings. The van der Waals surface area contributed by atoms with Crippen molar-refractivity contribution in [1.29, 1.82) is 0 Å². The van der Waals surface area contributed by atoms with Gasteiger partial charge in [0.1, 0.15) is 67.3 Å². The van der Waals surface area contributed by atoms with E-state index in [0.717, 1.165) is 11.1 Å². The molecule has 2 atom stereocenters. The summed E-state index contributed by atoms with van der Waals surface area (Å²) in [7, 11) is 7.56. The monoisotopic (exact) mass is 918 g/mol. The molecule has 16 heteroatoms. The van der Waals surface area contributed by atoms with E-state index < -0.39 is 43.5 Å². The SMILES string of the molecule is COc1cc(CC(NC(=O)c2cccc3c2S(=O)(=O)c2c(cccc2C(=O)NC(Cc2cc(OC)cc(OC)c2)c2cc(OC)cc(OC)c2)O3)c2cc(OC)cc(OC)c2)cc(OC)c1. The minimum atomic E-state index is -4.64. The van der Waals surface area contributed by atoms with Crippen LogP contribution in [0, 0.1) is 0 Å². The lowest BCUT2D eigenvalue weighted by atomic mass is 9.97. The lowest BCUT2D eigenvalue weighted by Gasteiger charge is -2.26. The first kappa shape index (κ1) is 46.4. The van der Waals surface area contributed by atoms with E-state index in [2.05, 4.69) is 10.6 Å². The van der Waals surface area contributed by atoms with Crippen molar-refractivity contribution in [3.63, 3.8) is 0 Å². The molecule has 0 radical (unpaired) electrons. The van der Waals surface area contributed by atoms with Crippen molar-refractivity contribution in [2.45, 2.75) is 34.7 Å². The Morgan fingerprint density at radius 3 is 1.03 bits per heavy atom. The van der Waals surface area contributed by atoms with Gasteiger partial charge in [0.05, 0.1) is 80.1 Å². The van der Waals surface area contributed by atoms with Crippen LogP contribution in [0.2, 0.25) is 0 Å². The Labute approximate surface area is 383 Å². The summed E-state index contributed by atoms with van der Waals surface area (Å²) in [5, 5.41) is 6.12. The fourth-order valence-corrected chi connectivity index (χ4v) is 9.66. The summed E-state index contributed by atoms with van der Waals surface area (Å²) in [5.74, 6) is 2.39. The van der Waals surface area contributed by atoms with Gasteiger partial charge in [-0.25, -0.2) is 8.42 Å². The Hall–Kier alpha value is -7.59. The molecule has 1 heterocycles. The second kappa shape index (κ2) is 20.1. The molecule has 0 saturated carbocycles. The van der Waals surface area contributed by atoms with E-state index in [9.17, 15) is 9.59 Å². The third-order valence-corrected chi connectivity index (χ3v) is 13.0. The first-order valence-electron chi connectivity index (χ1n) is 20.6. The summed E-state index contributed by atoms with van der Waals surface area (Å²) in [6.07, 6.45) is 0.424. The Morgan fingerprint density at radius 2 is 0.742 bits per heavy atom. The summed E-state index contributed by atoms with van der Waals surface area (Å²) in [4.78, 5) is 28.5. The van der Waals surface area contributed by atoms with Crippen molar-refractivity contribution in [1.82, 2.24) is 10.6 Å². The Balaban J connectivity index is 1.27. The van der Waals surface area contributed by atoms with Gasteiger partial charge in [-0.2, -0.15) is 0 Å². The lowest BCUT2D eigenvalue weighted by molar-refractivity contribution is 0.0926. The van der Waals surface area contributed by atoms with Gasteiger partial charge in [0.25, 0.3) is 11.8 Å². The molecular weight excluding hydrogens is 869 g/mol. The normalized spacial score (nSPS) is 13.0. The smallest absolute Gasteiger partial charge is 0.253 e. The molecule has 0 bridgehead atoms. The average molecular weight is 919 g/mol. The van der Waals surface area contributed by atoms with E-state index in [-0.39, 0.29) is 35.5 Å². The maximum Gasteiger partial charge on any atom is 0.253 e. The number of rotatable bonds is 18. The first-order chi connectivity index (χ1) is 31.8. The van der Waals surface area contributed by atoms with Crippen LogP contribution in [0.25, 0.3) is 0 Å². The van der Waals surface area contributed by atoms with Crippen LogP contribution in [-0.4, -0.2) is 77.1 Å². The van der Waals surface area contributed by atoms with Crippen molar-refractivity contribution >= 4 is 21.7 Å². The molecule has 6 aromatic carbocycles. The number of ether oxygens (including phenoxy) is 9. The summed E-state index contributed by atoms with van der Waals surface area (Å²) in [5.41, 5.74) is 2.28. The molecule has 1 aliphatic rings. The first-order valence-corrected chi connectivity index (χ1v) is 22.0. The zero-order chi connectivity index (χ0) is 47.1. The molecule has 0 saturated heterocycles. The molecular formula is C50H50N2O13S. The zero-order valence-corrected chi connectivity index (χ0v) is 38.5. The molecule has 344 valence electrons. The van der Waals surface area contributed by atoms with Crippen LogP contribution in [0.4, 0.5) is 0 Å². The molecule has 0 aromatic heterocycles. The van der Waals surface area contributed by atoms with Gasteiger partial charge < -0.3 is 53.3 Å². The Kier molecular flexibility index (Phi) is 14.1. The molecule has 2 amide bonds. The zero-order valence-electron chi connectivity index (χ0n) is 37.7. The second-order valence-corrected chi connectivity index (χ2v) is 16.9. The third kappa shape index (κ3) is 9.88. The second-order valence-electron chi connectivity index (χ2n) is 15.1. The van der Waals surface area contributed by atoms with Gasteiger partial charge in [0.2, 0.25) is 9.84 Å². The third-order valence-electron chi connectivity index (χ3n) is 11.1. The molecule has 15 nitrogen and oxygen atoms in total. The molecule has 2 N–H and O–H groups in total. The standard InChI is InChI=1S/C50H50N2O13S/c1-57-33-15-29(16-34(25-33)58-2)19-43(31-21-37(61-5)27-38(22-31)62-6)51-49(53)41-11-9-13-45-47(41)66(55,56)48-42(12-10-14-46(48)65-45)50(54)52-44(32-23-39(63-7)28-40(24-32)64-8)20-30-17-35(59-3)26-36(18-30)60-4/h9-18,21-28,43-44H,19-20H2,1-8H3,(H,51,53)(H,52,54). The van der Waals surface area contributed by atoms with Gasteiger partial charge in [0.15, 0.2) is 0 Å². The Bertz CT molecular complexity index is 2610. The van der Waals surface area contributed by atoms with Crippen molar-refractivity contribution < 1.29 is 60.6 Å². The highest BCUT2D eigenvalue weighted by atomic mass is 32.2. The van der Waals surface area contributed by atoms with Crippen LogP contribution >= 0.6 is 0 Å². The molecule has 0 spiro atoms. The quantitative estimate of drug-likeness (QED) is 0.0845. The largest absolute Gasteiger partial charge is 0.497 e. The number of sulfone groups is 1. The number of amides is 2. The molecule has 66 heavy (non-hydrogen) atoms. The number of fused-ring (bicyclic) bond motifs is 2. The molecule has 0 aliphatic carbocycles. The fraction of sp³-hybridized carbons (Fsp3) is 0.240. The van der Waals surface area contributed by atoms with E-state index in [4.69, 9.17) is 42.6 Å². The fourth-order valence-electron chi connectivity index (χ4n) is 7.80. The summed E-state index contributed by atoms with van der Waals surface area (Å²) < 4.78 is 80.7. The highest BCUT2D eigenvalue weighted by Crippen LogP contribution is 2.46. The van der Waals surface area contributed by atoms with E-state index in [1.807, 2.05) is 24.3 Å². The predicted octanol–water partition coefficient (Wildman–Crippen LogP) is 8.12. The highest BCUT2D eigenvalue weighted by molar-refractivity contribution is 7.92. The van der Waals surface area contributed by atoms with E-state index in [0.29, 0.717) is 57.1 Å². The van der Waals surface area contributed by atoms with Crippen molar-refractivity contribution in [2.75, 3.05) is 56.9 Å². The van der Waals surface area contributed by atoms with Crippen LogP contribution in [0.5, 0.6) is 57.5 Å². The number of hydrogen-bond donors (Lipinski definition) is 2. The van der Waals surface area contributed by atoms with Gasteiger partial charge >= 0.3 is 0 Å². The van der Waals surface area contributed by atoms with Crippen molar-refractivity contribution in [3.05, 3.63) is 143 Å². The molecule has 2 unspecified atom stereocenters. The maximum absolute atomic E-state index is 15.1. The van der Waals surface area contributed by atoms with E-state index in [1.165, 1.54) is 93.3 Å². The average Bonchev–Trinajstić information content (AvgIpc) is 3.34. The molecule has 1 aliphatic heterocycles. The number of carbonyl (C=O) groups is 2. The van der Waals surface area contributed by atoms with Gasteiger partial charge in [-0.1, -0.05) is 12.1 Å². The lowest BCUT2D eigenvalue weighted by Crippen LogP contribution is -2.33. The van der Waals surface area contributed by atoms with Crippen LogP contribution in [0.1, 0.15) is 55.1 Å². The van der Waals surface area contributed by atoms with Crippen LogP contribution < -0.4 is 53.3 Å². The van der Waals surface area contributed by atoms with Crippen LogP contribution in [0.3, 0.4) is 0 Å². The minimum Gasteiger partial charge on any atom is -0.497 e. The van der Waals surface area contributed by atoms with Crippen molar-refractivity contribution in [2.24, 2.45) is 0 Å². The number of carbonyl (C=O) groups excluding carboxylic acids is 2. The number of methoxy groups -OCH3 is 8. The number of nitrogens with one attached hydrogen (secondary N) is 2. The summed E-state index contributed by atoms with van der Waals surface area (Å²) >= 11 is 0. The van der Waals surface area contributed by atoms with E-state index >= 15 is 8.42 Å². The minimum absolute atomic E-state index is 0.0850. The number of hydrogen-bond acceptors (Lipinski definition) is 13. The predicted molar refractivity (Wildman–Crippen MR) is 244 cm³/mol. The van der Waals surface area contributed by atoms with Gasteiger partial charge in [-0.05, 0) is 108 Å². The summed E-state index contributed by atoms with van der Waals surface area (Å²) in [6.45, 7) is 0. The topological polar surface area (TPSA) is 175 Å². The Morgan fingerprint density at radius 1 is 0.455 bits per heavy atom. The molecule has 7 rings (SSSR count). The van der Waals surface area contributed by atoms with Gasteiger partial charge in [-0.3, -0.25) is 9.59 Å². The van der Waals surface area contributed by atoms with Crippen molar-refractivity contribution in [3.8, 4) is 57.5 Å². The molecule has 6 aromatic rings. The highest BCUT2D eigenvalue weighted by Gasteiger charge is 2.39. The summed E-state index contributed by atoms with van der Waals surface area (Å²) in [6, 6.07) is 28.4.